The summed E-state index contributed by atoms with van der Waals surface area (Å²) < 4.78 is 0. The summed E-state index contributed by atoms with van der Waals surface area (Å²) in [6, 6.07) is 4.97. The molecule has 24 heavy (non-hydrogen) atoms. The number of aliphatic hydroxyl groups is 1. The maximum absolute atomic E-state index is 11.9. The normalized spacial score (nSPS) is 12.3. The van der Waals surface area contributed by atoms with Crippen molar-refractivity contribution in [3.05, 3.63) is 33.8 Å². The van der Waals surface area contributed by atoms with Crippen molar-refractivity contribution in [1.82, 2.24) is 15.5 Å². The standard InChI is InChI=1S/C16H23Cl2N3O3/c1-10(2)20-15(24)9-21(3)8-14(23)19-7-13(22)16-11(17)5-4-6-12(16)18/h4-6,10,13,22H,7-9H2,1-3H3,(H,19,23)(H,20,24). The van der Waals surface area contributed by atoms with E-state index in [1.807, 2.05) is 13.8 Å². The molecular weight excluding hydrogens is 353 g/mol. The van der Waals surface area contributed by atoms with E-state index in [-0.39, 0.29) is 37.5 Å². The summed E-state index contributed by atoms with van der Waals surface area (Å²) in [5.41, 5.74) is 0.380. The molecule has 1 rings (SSSR count). The number of hydrogen-bond acceptors (Lipinski definition) is 4. The van der Waals surface area contributed by atoms with Gasteiger partial charge in [-0.05, 0) is 33.0 Å². The minimum atomic E-state index is -1.01. The first-order valence-corrected chi connectivity index (χ1v) is 8.32. The van der Waals surface area contributed by atoms with Crippen LogP contribution in [-0.2, 0) is 9.59 Å². The molecule has 0 radical (unpaired) electrons. The van der Waals surface area contributed by atoms with Gasteiger partial charge in [0.15, 0.2) is 0 Å². The molecule has 0 aliphatic carbocycles. The Morgan fingerprint density at radius 1 is 1.17 bits per heavy atom. The third kappa shape index (κ3) is 7.05. The fourth-order valence-electron chi connectivity index (χ4n) is 2.11. The number of amides is 2. The van der Waals surface area contributed by atoms with Crippen molar-refractivity contribution in [2.75, 3.05) is 26.7 Å². The lowest BCUT2D eigenvalue weighted by Crippen LogP contribution is -2.43. The van der Waals surface area contributed by atoms with Crippen LogP contribution in [0.25, 0.3) is 0 Å². The van der Waals surface area contributed by atoms with Crippen molar-refractivity contribution in [1.29, 1.82) is 0 Å². The summed E-state index contributed by atoms with van der Waals surface area (Å²) in [6.07, 6.45) is -1.01. The van der Waals surface area contributed by atoms with Crippen LogP contribution in [0.5, 0.6) is 0 Å². The largest absolute Gasteiger partial charge is 0.386 e. The Hall–Kier alpha value is -1.34. The second-order valence-corrected chi connectivity index (χ2v) is 6.66. The van der Waals surface area contributed by atoms with Gasteiger partial charge in [0.2, 0.25) is 11.8 Å². The van der Waals surface area contributed by atoms with E-state index in [0.717, 1.165) is 0 Å². The Kier molecular flexibility index (Phi) is 8.48. The highest BCUT2D eigenvalue weighted by molar-refractivity contribution is 6.36. The quantitative estimate of drug-likeness (QED) is 0.644. The van der Waals surface area contributed by atoms with Crippen LogP contribution in [0.15, 0.2) is 18.2 Å². The SMILES string of the molecule is CC(C)NC(=O)CN(C)CC(=O)NCC(O)c1c(Cl)cccc1Cl. The predicted molar refractivity (Wildman–Crippen MR) is 95.2 cm³/mol. The van der Waals surface area contributed by atoms with Crippen molar-refractivity contribution >= 4 is 35.0 Å². The number of likely N-dealkylation sites (N-methyl/N-ethyl adjacent to an activating group) is 1. The number of nitrogens with zero attached hydrogens (tertiary/aromatic N) is 1. The first-order valence-electron chi connectivity index (χ1n) is 7.57. The Morgan fingerprint density at radius 2 is 1.71 bits per heavy atom. The molecule has 8 heteroatoms. The monoisotopic (exact) mass is 375 g/mol. The van der Waals surface area contributed by atoms with E-state index in [2.05, 4.69) is 10.6 Å². The number of carbonyl (C=O) groups is 2. The topological polar surface area (TPSA) is 81.7 Å². The molecule has 134 valence electrons. The Morgan fingerprint density at radius 3 is 2.25 bits per heavy atom. The van der Waals surface area contributed by atoms with Gasteiger partial charge in [0.25, 0.3) is 0 Å². The summed E-state index contributed by atoms with van der Waals surface area (Å²) in [5.74, 6) is -0.458. The minimum absolute atomic E-state index is 0.0195. The highest BCUT2D eigenvalue weighted by atomic mass is 35.5. The number of rotatable bonds is 8. The molecule has 0 bridgehead atoms. The zero-order valence-corrected chi connectivity index (χ0v) is 15.5. The van der Waals surface area contributed by atoms with Crippen molar-refractivity contribution in [3.8, 4) is 0 Å². The maximum atomic E-state index is 11.9. The van der Waals surface area contributed by atoms with Crippen molar-refractivity contribution < 1.29 is 14.7 Å². The lowest BCUT2D eigenvalue weighted by molar-refractivity contribution is -0.125. The van der Waals surface area contributed by atoms with Crippen LogP contribution in [0.4, 0.5) is 0 Å². The summed E-state index contributed by atoms with van der Waals surface area (Å²) in [7, 11) is 1.67. The first-order chi connectivity index (χ1) is 11.2. The predicted octanol–water partition coefficient (Wildman–Crippen LogP) is 1.60. The smallest absolute Gasteiger partial charge is 0.234 e. The van der Waals surface area contributed by atoms with Crippen LogP contribution < -0.4 is 10.6 Å². The Bertz CT molecular complexity index is 561. The van der Waals surface area contributed by atoms with Gasteiger partial charge < -0.3 is 15.7 Å². The second kappa shape index (κ2) is 9.84. The van der Waals surface area contributed by atoms with Crippen LogP contribution in [0.1, 0.15) is 25.5 Å². The van der Waals surface area contributed by atoms with Crippen LogP contribution in [0.2, 0.25) is 10.0 Å². The third-order valence-electron chi connectivity index (χ3n) is 3.10. The number of aliphatic hydroxyl groups excluding tert-OH is 1. The molecule has 1 unspecified atom stereocenters. The number of halogens is 2. The van der Waals surface area contributed by atoms with Gasteiger partial charge in [0, 0.05) is 28.2 Å². The summed E-state index contributed by atoms with van der Waals surface area (Å²) >= 11 is 12.0. The van der Waals surface area contributed by atoms with E-state index in [1.54, 1.807) is 30.1 Å². The fourth-order valence-corrected chi connectivity index (χ4v) is 2.76. The summed E-state index contributed by atoms with van der Waals surface area (Å²) in [6.45, 7) is 3.87. The molecule has 0 aliphatic heterocycles. The van der Waals surface area contributed by atoms with Crippen molar-refractivity contribution in [2.45, 2.75) is 26.0 Å². The number of nitrogens with one attached hydrogen (secondary N) is 2. The van der Waals surface area contributed by atoms with Gasteiger partial charge >= 0.3 is 0 Å². The van der Waals surface area contributed by atoms with Gasteiger partial charge in [0.1, 0.15) is 0 Å². The highest BCUT2D eigenvalue weighted by Crippen LogP contribution is 2.29. The van der Waals surface area contributed by atoms with Gasteiger partial charge in [-0.2, -0.15) is 0 Å². The first kappa shape index (κ1) is 20.7. The van der Waals surface area contributed by atoms with Crippen LogP contribution >= 0.6 is 23.2 Å². The Labute approximate surface area is 152 Å². The minimum Gasteiger partial charge on any atom is -0.386 e. The second-order valence-electron chi connectivity index (χ2n) is 5.85. The molecule has 0 spiro atoms. The molecule has 6 nitrogen and oxygen atoms in total. The zero-order valence-electron chi connectivity index (χ0n) is 14.0. The molecular formula is C16H23Cl2N3O3. The van der Waals surface area contributed by atoms with Gasteiger partial charge in [-0.15, -0.1) is 0 Å². The van der Waals surface area contributed by atoms with Gasteiger partial charge in [-0.1, -0.05) is 29.3 Å². The summed E-state index contributed by atoms with van der Waals surface area (Å²) in [5, 5.41) is 16.2. The maximum Gasteiger partial charge on any atom is 0.234 e. The molecule has 1 aromatic carbocycles. The Balaban J connectivity index is 2.44. The van der Waals surface area contributed by atoms with Crippen LogP contribution in [0.3, 0.4) is 0 Å². The van der Waals surface area contributed by atoms with Crippen molar-refractivity contribution in [2.24, 2.45) is 0 Å². The van der Waals surface area contributed by atoms with E-state index in [4.69, 9.17) is 23.2 Å². The van der Waals surface area contributed by atoms with E-state index in [9.17, 15) is 14.7 Å². The molecule has 1 atom stereocenters. The lowest BCUT2D eigenvalue weighted by atomic mass is 10.1. The molecule has 0 aromatic heterocycles. The average molecular weight is 376 g/mol. The zero-order chi connectivity index (χ0) is 18.3. The fraction of sp³-hybridized carbons (Fsp3) is 0.500. The van der Waals surface area contributed by atoms with E-state index < -0.39 is 6.10 Å². The average Bonchev–Trinajstić information content (AvgIpc) is 2.43. The van der Waals surface area contributed by atoms with E-state index in [1.165, 1.54) is 0 Å². The summed E-state index contributed by atoms with van der Waals surface area (Å²) in [4.78, 5) is 25.1. The molecule has 0 fully saturated rings. The lowest BCUT2D eigenvalue weighted by Gasteiger charge is -2.19. The van der Waals surface area contributed by atoms with Crippen LogP contribution in [0, 0.1) is 0 Å². The van der Waals surface area contributed by atoms with E-state index in [0.29, 0.717) is 15.6 Å². The van der Waals surface area contributed by atoms with Gasteiger partial charge in [-0.3, -0.25) is 14.5 Å². The number of carbonyl (C=O) groups excluding carboxylic acids is 2. The molecule has 0 saturated carbocycles. The van der Waals surface area contributed by atoms with Crippen molar-refractivity contribution in [3.63, 3.8) is 0 Å². The van der Waals surface area contributed by atoms with E-state index >= 15 is 0 Å². The van der Waals surface area contributed by atoms with Crippen LogP contribution in [-0.4, -0.2) is 54.5 Å². The molecule has 0 saturated heterocycles. The molecule has 1 aromatic rings. The highest BCUT2D eigenvalue weighted by Gasteiger charge is 2.17. The molecule has 3 N–H and O–H groups in total. The molecule has 0 aliphatic rings. The molecule has 2 amide bonds. The van der Waals surface area contributed by atoms with Gasteiger partial charge in [0.05, 0.1) is 19.2 Å². The molecule has 0 heterocycles. The third-order valence-corrected chi connectivity index (χ3v) is 3.76. The number of benzene rings is 1. The van der Waals surface area contributed by atoms with Gasteiger partial charge in [-0.25, -0.2) is 0 Å². The number of hydrogen-bond donors (Lipinski definition) is 3.